The van der Waals surface area contributed by atoms with Crippen molar-refractivity contribution in [2.75, 3.05) is 23.3 Å². The van der Waals surface area contributed by atoms with Crippen LogP contribution in [0.5, 0.6) is 0 Å². The molecule has 0 aliphatic rings. The SMILES string of the molecule is Cc1ccc(F)c2nc(CCNc3nc(N)nc(N)c3C#N)n(-c3cc(F)cc(C#N)c3)c(=O)c12. The molecule has 12 heteroatoms. The zero-order chi connectivity index (χ0) is 25.3. The summed E-state index contributed by atoms with van der Waals surface area (Å²) in [6.07, 6.45) is 0.0195. The van der Waals surface area contributed by atoms with Crippen LogP contribution in [0.4, 0.5) is 26.4 Å². The Bertz CT molecular complexity index is 1630. The normalized spacial score (nSPS) is 10.7. The molecule has 2 aromatic carbocycles. The molecular weight excluding hydrogens is 456 g/mol. The highest BCUT2D eigenvalue weighted by molar-refractivity contribution is 5.82. The van der Waals surface area contributed by atoms with Gasteiger partial charge in [0.1, 0.15) is 40.4 Å². The van der Waals surface area contributed by atoms with Gasteiger partial charge in [0.2, 0.25) is 5.95 Å². The van der Waals surface area contributed by atoms with Crippen molar-refractivity contribution >= 4 is 28.5 Å². The van der Waals surface area contributed by atoms with Gasteiger partial charge in [0, 0.05) is 13.0 Å². The monoisotopic (exact) mass is 473 g/mol. The van der Waals surface area contributed by atoms with E-state index in [1.54, 1.807) is 6.92 Å². The molecule has 0 fully saturated rings. The number of hydrogen-bond donors (Lipinski definition) is 3. The van der Waals surface area contributed by atoms with Gasteiger partial charge < -0.3 is 16.8 Å². The Hall–Kier alpha value is -5.10. The standard InChI is InChI=1S/C23H17F2N9O/c1-11-2-3-16(25)19-18(11)22(35)34(14-7-12(9-26)6-13(24)8-14)17(31-19)4-5-30-21-15(10-27)20(28)32-23(29)33-21/h2-3,6-8H,4-5H2,1H3,(H5,28,29,30,32,33). The third kappa shape index (κ3) is 4.28. The fourth-order valence-corrected chi connectivity index (χ4v) is 3.68. The molecule has 0 bridgehead atoms. The maximum atomic E-state index is 14.6. The highest BCUT2D eigenvalue weighted by atomic mass is 19.1. The summed E-state index contributed by atoms with van der Waals surface area (Å²) in [4.78, 5) is 25.5. The molecular formula is C23H17F2N9O. The molecule has 2 aromatic heterocycles. The smallest absolute Gasteiger partial charge is 0.266 e. The molecule has 4 rings (SSSR count). The molecule has 0 spiro atoms. The van der Waals surface area contributed by atoms with Crippen LogP contribution in [0, 0.1) is 41.2 Å². The van der Waals surface area contributed by atoms with E-state index >= 15 is 0 Å². The van der Waals surface area contributed by atoms with Gasteiger partial charge in [0.05, 0.1) is 22.7 Å². The molecule has 5 N–H and O–H groups in total. The number of aromatic nitrogens is 4. The number of aryl methyl sites for hydroxylation is 1. The number of nitrogen functional groups attached to an aromatic ring is 2. The minimum absolute atomic E-state index is 0.00219. The van der Waals surface area contributed by atoms with Gasteiger partial charge >= 0.3 is 0 Å². The molecule has 35 heavy (non-hydrogen) atoms. The number of hydrogen-bond acceptors (Lipinski definition) is 9. The van der Waals surface area contributed by atoms with Gasteiger partial charge in [-0.2, -0.15) is 20.5 Å². The van der Waals surface area contributed by atoms with Crippen molar-refractivity contribution in [2.45, 2.75) is 13.3 Å². The van der Waals surface area contributed by atoms with Crippen molar-refractivity contribution in [3.63, 3.8) is 0 Å². The largest absolute Gasteiger partial charge is 0.382 e. The van der Waals surface area contributed by atoms with E-state index in [1.165, 1.54) is 18.2 Å². The van der Waals surface area contributed by atoms with Crippen LogP contribution in [0.15, 0.2) is 35.1 Å². The maximum Gasteiger partial charge on any atom is 0.266 e. The Morgan fingerprint density at radius 2 is 1.86 bits per heavy atom. The summed E-state index contributed by atoms with van der Waals surface area (Å²) >= 11 is 0. The van der Waals surface area contributed by atoms with E-state index in [2.05, 4.69) is 20.3 Å². The summed E-state index contributed by atoms with van der Waals surface area (Å²) in [5.41, 5.74) is 11.1. The van der Waals surface area contributed by atoms with E-state index in [0.29, 0.717) is 5.56 Å². The first-order chi connectivity index (χ1) is 16.7. The molecule has 0 radical (unpaired) electrons. The van der Waals surface area contributed by atoms with Crippen molar-refractivity contribution in [1.29, 1.82) is 10.5 Å². The molecule has 0 aliphatic heterocycles. The van der Waals surface area contributed by atoms with E-state index < -0.39 is 17.2 Å². The Morgan fingerprint density at radius 1 is 1.09 bits per heavy atom. The molecule has 0 saturated heterocycles. The summed E-state index contributed by atoms with van der Waals surface area (Å²) in [6.45, 7) is 1.70. The fraction of sp³-hybridized carbons (Fsp3) is 0.130. The minimum atomic E-state index is -0.725. The second-order valence-electron chi connectivity index (χ2n) is 7.55. The molecule has 0 amide bonds. The second-order valence-corrected chi connectivity index (χ2v) is 7.55. The predicted molar refractivity (Wildman–Crippen MR) is 124 cm³/mol. The second kappa shape index (κ2) is 9.03. The summed E-state index contributed by atoms with van der Waals surface area (Å²) in [7, 11) is 0. The lowest BCUT2D eigenvalue weighted by Gasteiger charge is -2.16. The van der Waals surface area contributed by atoms with Crippen LogP contribution in [-0.4, -0.2) is 26.1 Å². The number of halogens is 2. The van der Waals surface area contributed by atoms with Gasteiger partial charge in [-0.1, -0.05) is 6.07 Å². The van der Waals surface area contributed by atoms with Crippen molar-refractivity contribution < 1.29 is 8.78 Å². The van der Waals surface area contributed by atoms with Crippen LogP contribution in [0.3, 0.4) is 0 Å². The number of benzene rings is 2. The van der Waals surface area contributed by atoms with Gasteiger partial charge in [-0.3, -0.25) is 9.36 Å². The van der Waals surface area contributed by atoms with Gasteiger partial charge in [0.25, 0.3) is 5.56 Å². The van der Waals surface area contributed by atoms with E-state index in [4.69, 9.17) is 11.5 Å². The number of nitrogens with one attached hydrogen (secondary N) is 1. The molecule has 4 aromatic rings. The third-order valence-corrected chi connectivity index (χ3v) is 5.23. The van der Waals surface area contributed by atoms with E-state index in [1.807, 2.05) is 12.1 Å². The molecule has 0 unspecified atom stereocenters. The van der Waals surface area contributed by atoms with Crippen LogP contribution >= 0.6 is 0 Å². The van der Waals surface area contributed by atoms with Gasteiger partial charge in [-0.25, -0.2) is 13.8 Å². The average Bonchev–Trinajstić information content (AvgIpc) is 2.80. The Labute approximate surface area is 197 Å². The summed E-state index contributed by atoms with van der Waals surface area (Å²) in [6, 6.07) is 9.84. The molecule has 0 atom stereocenters. The first-order valence-corrected chi connectivity index (χ1v) is 10.2. The highest BCUT2D eigenvalue weighted by Crippen LogP contribution is 2.22. The van der Waals surface area contributed by atoms with Crippen LogP contribution < -0.4 is 22.3 Å². The number of nitriles is 2. The van der Waals surface area contributed by atoms with Crippen LogP contribution in [0.1, 0.15) is 22.5 Å². The molecule has 0 saturated carbocycles. The van der Waals surface area contributed by atoms with Crippen molar-refractivity contribution in [3.05, 3.63) is 74.8 Å². The van der Waals surface area contributed by atoms with Crippen molar-refractivity contribution in [2.24, 2.45) is 0 Å². The lowest BCUT2D eigenvalue weighted by atomic mass is 10.1. The number of anilines is 3. The van der Waals surface area contributed by atoms with Crippen molar-refractivity contribution in [1.82, 2.24) is 19.5 Å². The molecule has 0 aliphatic carbocycles. The molecule has 10 nitrogen and oxygen atoms in total. The van der Waals surface area contributed by atoms with Crippen molar-refractivity contribution in [3.8, 4) is 17.8 Å². The summed E-state index contributed by atoms with van der Waals surface area (Å²) in [5.74, 6) is -1.51. The molecule has 2 heterocycles. The Balaban J connectivity index is 1.85. The topological polar surface area (TPSA) is 172 Å². The van der Waals surface area contributed by atoms with Gasteiger partial charge in [-0.15, -0.1) is 0 Å². The lowest BCUT2D eigenvalue weighted by molar-refractivity contribution is 0.624. The fourth-order valence-electron chi connectivity index (χ4n) is 3.68. The van der Waals surface area contributed by atoms with Gasteiger partial charge in [0.15, 0.2) is 5.82 Å². The van der Waals surface area contributed by atoms with E-state index in [9.17, 15) is 24.1 Å². The first-order valence-electron chi connectivity index (χ1n) is 10.2. The number of fused-ring (bicyclic) bond motifs is 1. The Kier molecular flexibility index (Phi) is 5.96. The summed E-state index contributed by atoms with van der Waals surface area (Å²) < 4.78 is 30.0. The number of nitrogens with two attached hydrogens (primary N) is 2. The van der Waals surface area contributed by atoms with E-state index in [-0.39, 0.29) is 64.1 Å². The molecule has 174 valence electrons. The predicted octanol–water partition coefficient (Wildman–Crippen LogP) is 2.32. The minimum Gasteiger partial charge on any atom is -0.382 e. The van der Waals surface area contributed by atoms with Gasteiger partial charge in [-0.05, 0) is 36.8 Å². The highest BCUT2D eigenvalue weighted by Gasteiger charge is 2.18. The maximum absolute atomic E-state index is 14.6. The van der Waals surface area contributed by atoms with Crippen LogP contribution in [0.25, 0.3) is 16.6 Å². The lowest BCUT2D eigenvalue weighted by Crippen LogP contribution is -2.26. The van der Waals surface area contributed by atoms with E-state index in [0.717, 1.165) is 16.7 Å². The van der Waals surface area contributed by atoms with Crippen LogP contribution in [0.2, 0.25) is 0 Å². The quantitative estimate of drug-likeness (QED) is 0.393. The van der Waals surface area contributed by atoms with Crippen LogP contribution in [-0.2, 0) is 6.42 Å². The number of rotatable bonds is 5. The average molecular weight is 473 g/mol. The summed E-state index contributed by atoms with van der Waals surface area (Å²) in [5, 5.41) is 21.5. The zero-order valence-corrected chi connectivity index (χ0v) is 18.3. The Morgan fingerprint density at radius 3 is 2.57 bits per heavy atom. The third-order valence-electron chi connectivity index (χ3n) is 5.23. The number of nitrogens with zero attached hydrogens (tertiary/aromatic N) is 6. The zero-order valence-electron chi connectivity index (χ0n) is 18.3. The first kappa shape index (κ1) is 23.1.